The van der Waals surface area contributed by atoms with Crippen LogP contribution in [0.4, 0.5) is 5.13 Å². The van der Waals surface area contributed by atoms with Crippen LogP contribution in [0.2, 0.25) is 10.0 Å². The first-order valence-electron chi connectivity index (χ1n) is 8.05. The van der Waals surface area contributed by atoms with E-state index in [0.29, 0.717) is 21.3 Å². The van der Waals surface area contributed by atoms with Gasteiger partial charge in [-0.05, 0) is 29.8 Å². The maximum atomic E-state index is 12.9. The van der Waals surface area contributed by atoms with E-state index in [4.69, 9.17) is 23.2 Å². The Labute approximate surface area is 173 Å². The van der Waals surface area contributed by atoms with Crippen LogP contribution in [-0.2, 0) is 9.59 Å². The molecular weight excluding hydrogens is 421 g/mol. The first kappa shape index (κ1) is 18.6. The molecule has 0 spiro atoms. The predicted octanol–water partition coefficient (Wildman–Crippen LogP) is 4.47. The Kier molecular flexibility index (Phi) is 4.89. The smallest absolute Gasteiger partial charge is 0.301 e. The molecule has 0 saturated carbocycles. The van der Waals surface area contributed by atoms with Gasteiger partial charge in [0.05, 0.1) is 21.7 Å². The van der Waals surface area contributed by atoms with E-state index in [1.54, 1.807) is 35.7 Å². The van der Waals surface area contributed by atoms with E-state index in [2.05, 4.69) is 9.97 Å². The molecule has 0 aliphatic carbocycles. The summed E-state index contributed by atoms with van der Waals surface area (Å²) in [5, 5.41) is 13.5. The maximum Gasteiger partial charge on any atom is 0.301 e. The fourth-order valence-corrected chi connectivity index (χ4v) is 4.00. The van der Waals surface area contributed by atoms with Crippen molar-refractivity contribution in [1.82, 2.24) is 9.97 Å². The normalized spacial score (nSPS) is 18.6. The number of aromatic nitrogens is 2. The number of ketones is 1. The summed E-state index contributed by atoms with van der Waals surface area (Å²) in [5.41, 5.74) is 0.849. The van der Waals surface area contributed by atoms with Crippen LogP contribution in [0, 0.1) is 0 Å². The number of carbonyl (C=O) groups excluding carboxylic acids is 2. The van der Waals surface area contributed by atoms with Crippen molar-refractivity contribution in [3.63, 3.8) is 0 Å². The van der Waals surface area contributed by atoms with Gasteiger partial charge in [0.2, 0.25) is 0 Å². The van der Waals surface area contributed by atoms with E-state index in [1.165, 1.54) is 34.8 Å². The van der Waals surface area contributed by atoms with Crippen LogP contribution in [0.25, 0.3) is 5.76 Å². The minimum Gasteiger partial charge on any atom is -0.507 e. The lowest BCUT2D eigenvalue weighted by Gasteiger charge is -2.23. The van der Waals surface area contributed by atoms with Gasteiger partial charge < -0.3 is 5.11 Å². The molecule has 1 aromatic carbocycles. The molecule has 1 unspecified atom stereocenters. The van der Waals surface area contributed by atoms with Gasteiger partial charge in [-0.1, -0.05) is 29.3 Å². The van der Waals surface area contributed by atoms with Gasteiger partial charge in [-0.2, -0.15) is 0 Å². The number of rotatable bonds is 3. The summed E-state index contributed by atoms with van der Waals surface area (Å²) in [7, 11) is 0. The second-order valence-corrected chi connectivity index (χ2v) is 7.58. The molecule has 1 saturated heterocycles. The zero-order valence-corrected chi connectivity index (χ0v) is 16.4. The molecule has 1 N–H and O–H groups in total. The van der Waals surface area contributed by atoms with E-state index in [1.807, 2.05) is 0 Å². The number of hydrogen-bond donors (Lipinski definition) is 1. The third kappa shape index (κ3) is 3.07. The molecule has 0 radical (unpaired) electrons. The van der Waals surface area contributed by atoms with Crippen molar-refractivity contribution in [2.24, 2.45) is 0 Å². The summed E-state index contributed by atoms with van der Waals surface area (Å²) >= 11 is 13.4. The van der Waals surface area contributed by atoms with Crippen LogP contribution >= 0.6 is 34.5 Å². The molecule has 3 heterocycles. The van der Waals surface area contributed by atoms with Gasteiger partial charge in [-0.25, -0.2) is 4.98 Å². The van der Waals surface area contributed by atoms with Crippen LogP contribution in [0.15, 0.2) is 59.9 Å². The molecule has 6 nitrogen and oxygen atoms in total. The molecule has 3 aromatic rings. The lowest BCUT2D eigenvalue weighted by atomic mass is 9.95. The van der Waals surface area contributed by atoms with Gasteiger partial charge >= 0.3 is 5.91 Å². The molecule has 28 heavy (non-hydrogen) atoms. The molecule has 4 rings (SSSR count). The monoisotopic (exact) mass is 431 g/mol. The van der Waals surface area contributed by atoms with Crippen LogP contribution < -0.4 is 4.90 Å². The third-order valence-electron chi connectivity index (χ3n) is 4.28. The lowest BCUT2D eigenvalue weighted by Crippen LogP contribution is -2.29. The molecule has 0 bridgehead atoms. The zero-order valence-electron chi connectivity index (χ0n) is 14.0. The number of aliphatic hydroxyl groups is 1. The van der Waals surface area contributed by atoms with E-state index in [0.717, 1.165) is 0 Å². The van der Waals surface area contributed by atoms with Crippen LogP contribution in [0.1, 0.15) is 17.2 Å². The SMILES string of the molecule is O=C1C(=O)N(c2nccs2)C(c2ccc(Cl)c(Cl)c2)/C1=C(\O)c1ccncc1. The van der Waals surface area contributed by atoms with Crippen molar-refractivity contribution in [2.45, 2.75) is 6.04 Å². The highest BCUT2D eigenvalue weighted by molar-refractivity contribution is 7.14. The highest BCUT2D eigenvalue weighted by atomic mass is 35.5. The van der Waals surface area contributed by atoms with Crippen molar-refractivity contribution in [1.29, 1.82) is 0 Å². The Morgan fingerprint density at radius 1 is 1.07 bits per heavy atom. The zero-order chi connectivity index (χ0) is 19.8. The number of benzene rings is 1. The molecule has 1 fully saturated rings. The van der Waals surface area contributed by atoms with Gasteiger partial charge in [-0.15, -0.1) is 11.3 Å². The van der Waals surface area contributed by atoms with E-state index >= 15 is 0 Å². The van der Waals surface area contributed by atoms with Gasteiger partial charge in [0.25, 0.3) is 5.78 Å². The Morgan fingerprint density at radius 2 is 1.82 bits per heavy atom. The summed E-state index contributed by atoms with van der Waals surface area (Å²) in [6.45, 7) is 0. The first-order chi connectivity index (χ1) is 13.5. The van der Waals surface area contributed by atoms with Crippen LogP contribution in [-0.4, -0.2) is 26.8 Å². The fourth-order valence-electron chi connectivity index (χ4n) is 3.03. The van der Waals surface area contributed by atoms with Gasteiger partial charge in [0.15, 0.2) is 5.13 Å². The number of halogens is 2. The molecule has 2 aromatic heterocycles. The number of aliphatic hydroxyl groups excluding tert-OH is 1. The number of amides is 1. The van der Waals surface area contributed by atoms with Crippen LogP contribution in [0.5, 0.6) is 0 Å². The highest BCUT2D eigenvalue weighted by Crippen LogP contribution is 2.43. The number of pyridine rings is 1. The van der Waals surface area contributed by atoms with Crippen molar-refractivity contribution >= 4 is 57.1 Å². The predicted molar refractivity (Wildman–Crippen MR) is 108 cm³/mol. The third-order valence-corrected chi connectivity index (χ3v) is 5.79. The molecular formula is C19H11Cl2N3O3S. The number of thiazole rings is 1. The molecule has 1 aliphatic rings. The summed E-state index contributed by atoms with van der Waals surface area (Å²) in [4.78, 5) is 35.0. The maximum absolute atomic E-state index is 12.9. The topological polar surface area (TPSA) is 83.4 Å². The Balaban J connectivity index is 1.96. The number of hydrogen-bond acceptors (Lipinski definition) is 6. The molecule has 1 aliphatic heterocycles. The standard InChI is InChI=1S/C19H11Cl2N3O3S/c20-12-2-1-11(9-13(12)21)15-14(16(25)10-3-5-22-6-4-10)17(26)18(27)24(15)19-23-7-8-28-19/h1-9,15,25H/b16-14+. The number of anilines is 1. The quantitative estimate of drug-likeness (QED) is 0.375. The highest BCUT2D eigenvalue weighted by Gasteiger charge is 2.48. The van der Waals surface area contributed by atoms with Gasteiger partial charge in [0.1, 0.15) is 5.76 Å². The molecule has 1 atom stereocenters. The average Bonchev–Trinajstić information content (AvgIpc) is 3.31. The molecule has 140 valence electrons. The Hall–Kier alpha value is -2.74. The first-order valence-corrected chi connectivity index (χ1v) is 9.68. The summed E-state index contributed by atoms with van der Waals surface area (Å²) < 4.78 is 0. The van der Waals surface area contributed by atoms with E-state index < -0.39 is 17.7 Å². The molecule has 9 heteroatoms. The Morgan fingerprint density at radius 3 is 2.46 bits per heavy atom. The van der Waals surface area contributed by atoms with Gasteiger partial charge in [-0.3, -0.25) is 19.5 Å². The number of nitrogens with zero attached hydrogens (tertiary/aromatic N) is 3. The van der Waals surface area contributed by atoms with Crippen LogP contribution in [0.3, 0.4) is 0 Å². The second-order valence-electron chi connectivity index (χ2n) is 5.89. The molecule has 1 amide bonds. The fraction of sp³-hybridized carbons (Fsp3) is 0.0526. The van der Waals surface area contributed by atoms with E-state index in [9.17, 15) is 14.7 Å². The minimum absolute atomic E-state index is 0.0511. The summed E-state index contributed by atoms with van der Waals surface area (Å²) in [6, 6.07) is 7.02. The average molecular weight is 432 g/mol. The van der Waals surface area contributed by atoms with E-state index in [-0.39, 0.29) is 16.4 Å². The Bertz CT molecular complexity index is 1100. The number of Topliss-reactive ketones (excluding diaryl/α,β-unsaturated/α-hetero) is 1. The lowest BCUT2D eigenvalue weighted by molar-refractivity contribution is -0.132. The minimum atomic E-state index is -0.894. The van der Waals surface area contributed by atoms with Crippen molar-refractivity contribution in [3.8, 4) is 0 Å². The van der Waals surface area contributed by atoms with Crippen molar-refractivity contribution in [3.05, 3.63) is 81.0 Å². The number of carbonyl (C=O) groups is 2. The van der Waals surface area contributed by atoms with Crippen molar-refractivity contribution in [2.75, 3.05) is 4.90 Å². The largest absolute Gasteiger partial charge is 0.507 e. The second kappa shape index (κ2) is 7.35. The van der Waals surface area contributed by atoms with Gasteiger partial charge in [0, 0.05) is 29.5 Å². The summed E-state index contributed by atoms with van der Waals surface area (Å²) in [6.07, 6.45) is 4.51. The van der Waals surface area contributed by atoms with Crippen molar-refractivity contribution < 1.29 is 14.7 Å². The summed E-state index contributed by atoms with van der Waals surface area (Å²) in [5.74, 6) is -1.88.